The third kappa shape index (κ3) is 2.49. The number of carbonyl (C=O) groups excluding carboxylic acids is 1. The lowest BCUT2D eigenvalue weighted by Gasteiger charge is -2.30. The zero-order valence-electron chi connectivity index (χ0n) is 10.4. The molecule has 1 amide bonds. The Morgan fingerprint density at radius 1 is 1.65 bits per heavy atom. The number of aryl methyl sites for hydroxylation is 2. The second-order valence-electron chi connectivity index (χ2n) is 4.53. The Bertz CT molecular complexity index is 414. The van der Waals surface area contributed by atoms with Crippen molar-refractivity contribution >= 4 is 5.91 Å². The maximum Gasteiger partial charge on any atom is 0.272 e. The van der Waals surface area contributed by atoms with E-state index in [4.69, 9.17) is 0 Å². The molecule has 0 saturated carbocycles. The van der Waals surface area contributed by atoms with Gasteiger partial charge >= 0.3 is 0 Å². The van der Waals surface area contributed by atoms with Gasteiger partial charge in [-0.05, 0) is 32.8 Å². The second kappa shape index (κ2) is 4.87. The average Bonchev–Trinajstić information content (AvgIpc) is 2.69. The zero-order chi connectivity index (χ0) is 12.4. The van der Waals surface area contributed by atoms with Crippen molar-refractivity contribution in [3.63, 3.8) is 0 Å². The smallest absolute Gasteiger partial charge is 0.272 e. The molecular weight excluding hydrogens is 218 g/mol. The summed E-state index contributed by atoms with van der Waals surface area (Å²) >= 11 is 0. The van der Waals surface area contributed by atoms with Crippen LogP contribution in [0.15, 0.2) is 6.07 Å². The third-order valence-electron chi connectivity index (χ3n) is 3.10. The SMILES string of the molecule is CCn1nc(C)cc1C(=O)N1CCC[C@H](O)C1. The first kappa shape index (κ1) is 12.1. The van der Waals surface area contributed by atoms with Gasteiger partial charge in [0.1, 0.15) is 5.69 Å². The Kier molecular flexibility index (Phi) is 3.47. The fraction of sp³-hybridized carbons (Fsp3) is 0.667. The van der Waals surface area contributed by atoms with E-state index in [0.717, 1.165) is 25.1 Å². The lowest BCUT2D eigenvalue weighted by molar-refractivity contribution is 0.0463. The minimum atomic E-state index is -0.383. The second-order valence-corrected chi connectivity index (χ2v) is 4.53. The molecule has 1 aliphatic rings. The lowest BCUT2D eigenvalue weighted by atomic mass is 10.1. The molecule has 1 aromatic rings. The number of rotatable bonds is 2. The Morgan fingerprint density at radius 2 is 2.41 bits per heavy atom. The largest absolute Gasteiger partial charge is 0.391 e. The van der Waals surface area contributed by atoms with E-state index < -0.39 is 0 Å². The summed E-state index contributed by atoms with van der Waals surface area (Å²) in [7, 11) is 0. The summed E-state index contributed by atoms with van der Waals surface area (Å²) in [4.78, 5) is 14.0. The summed E-state index contributed by atoms with van der Waals surface area (Å²) in [6, 6.07) is 1.81. The highest BCUT2D eigenvalue weighted by Crippen LogP contribution is 2.14. The van der Waals surface area contributed by atoms with E-state index in [2.05, 4.69) is 5.10 Å². The first-order valence-corrected chi connectivity index (χ1v) is 6.13. The molecule has 0 radical (unpaired) electrons. The molecule has 0 aromatic carbocycles. The van der Waals surface area contributed by atoms with Crippen LogP contribution in [-0.2, 0) is 6.54 Å². The van der Waals surface area contributed by atoms with E-state index in [9.17, 15) is 9.90 Å². The highest BCUT2D eigenvalue weighted by atomic mass is 16.3. The molecule has 2 heterocycles. The van der Waals surface area contributed by atoms with Crippen LogP contribution in [0.5, 0.6) is 0 Å². The van der Waals surface area contributed by atoms with Crippen LogP contribution in [0.4, 0.5) is 0 Å². The van der Waals surface area contributed by atoms with Crippen molar-refractivity contribution < 1.29 is 9.90 Å². The van der Waals surface area contributed by atoms with E-state index in [0.29, 0.717) is 18.8 Å². The lowest BCUT2D eigenvalue weighted by Crippen LogP contribution is -2.42. The van der Waals surface area contributed by atoms with Crippen molar-refractivity contribution in [1.29, 1.82) is 0 Å². The van der Waals surface area contributed by atoms with Gasteiger partial charge in [0.2, 0.25) is 0 Å². The molecule has 0 bridgehead atoms. The van der Waals surface area contributed by atoms with Crippen LogP contribution < -0.4 is 0 Å². The Labute approximate surface area is 101 Å². The number of β-amino-alcohol motifs (C(OH)–C–C–N with tert-alkyl or cyclic N) is 1. The number of aromatic nitrogens is 2. The summed E-state index contributed by atoms with van der Waals surface area (Å²) in [5.74, 6) is -0.0220. The van der Waals surface area contributed by atoms with Gasteiger partial charge in [-0.2, -0.15) is 5.10 Å². The van der Waals surface area contributed by atoms with E-state index in [1.54, 1.807) is 9.58 Å². The van der Waals surface area contributed by atoms with Crippen LogP contribution in [-0.4, -0.2) is 44.9 Å². The highest BCUT2D eigenvalue weighted by molar-refractivity contribution is 5.92. The van der Waals surface area contributed by atoms with Gasteiger partial charge in [0, 0.05) is 19.6 Å². The van der Waals surface area contributed by atoms with Crippen molar-refractivity contribution in [3.05, 3.63) is 17.5 Å². The van der Waals surface area contributed by atoms with Gasteiger partial charge in [-0.3, -0.25) is 9.48 Å². The van der Waals surface area contributed by atoms with Gasteiger partial charge in [-0.15, -0.1) is 0 Å². The van der Waals surface area contributed by atoms with Gasteiger partial charge < -0.3 is 10.0 Å². The molecule has 2 rings (SSSR count). The molecule has 0 aliphatic carbocycles. The van der Waals surface area contributed by atoms with Gasteiger partial charge in [0.25, 0.3) is 5.91 Å². The van der Waals surface area contributed by atoms with Crippen molar-refractivity contribution in [1.82, 2.24) is 14.7 Å². The molecule has 1 N–H and O–H groups in total. The molecule has 5 heteroatoms. The summed E-state index contributed by atoms with van der Waals surface area (Å²) in [5, 5.41) is 13.9. The predicted molar refractivity (Wildman–Crippen MR) is 63.8 cm³/mol. The van der Waals surface area contributed by atoms with E-state index >= 15 is 0 Å². The van der Waals surface area contributed by atoms with E-state index in [1.165, 1.54) is 0 Å². The number of likely N-dealkylation sites (tertiary alicyclic amines) is 1. The van der Waals surface area contributed by atoms with Crippen LogP contribution in [0.25, 0.3) is 0 Å². The molecule has 0 unspecified atom stereocenters. The van der Waals surface area contributed by atoms with Crippen LogP contribution >= 0.6 is 0 Å². The normalized spacial score (nSPS) is 20.6. The van der Waals surface area contributed by atoms with Gasteiger partial charge in [-0.1, -0.05) is 0 Å². The highest BCUT2D eigenvalue weighted by Gasteiger charge is 2.25. The summed E-state index contributed by atoms with van der Waals surface area (Å²) in [6.45, 7) is 5.70. The fourth-order valence-corrected chi connectivity index (χ4v) is 2.26. The van der Waals surface area contributed by atoms with Crippen LogP contribution in [0.3, 0.4) is 0 Å². The van der Waals surface area contributed by atoms with Crippen LogP contribution in [0.2, 0.25) is 0 Å². The summed E-state index contributed by atoms with van der Waals surface area (Å²) in [6.07, 6.45) is 1.27. The van der Waals surface area contributed by atoms with Crippen LogP contribution in [0, 0.1) is 6.92 Å². The number of aliphatic hydroxyl groups excluding tert-OH is 1. The molecule has 1 fully saturated rings. The number of aliphatic hydroxyl groups is 1. The zero-order valence-corrected chi connectivity index (χ0v) is 10.4. The maximum atomic E-state index is 12.3. The molecule has 5 nitrogen and oxygen atoms in total. The maximum absolute atomic E-state index is 12.3. The van der Waals surface area contributed by atoms with Crippen molar-refractivity contribution in [2.24, 2.45) is 0 Å². The van der Waals surface area contributed by atoms with Crippen molar-refractivity contribution in [2.75, 3.05) is 13.1 Å². The molecule has 1 aliphatic heterocycles. The Morgan fingerprint density at radius 3 is 3.06 bits per heavy atom. The Hall–Kier alpha value is -1.36. The fourth-order valence-electron chi connectivity index (χ4n) is 2.26. The number of piperidine rings is 1. The first-order valence-electron chi connectivity index (χ1n) is 6.13. The van der Waals surface area contributed by atoms with Gasteiger partial charge in [0.15, 0.2) is 0 Å². The number of amides is 1. The van der Waals surface area contributed by atoms with Crippen molar-refractivity contribution in [3.8, 4) is 0 Å². The summed E-state index contributed by atoms with van der Waals surface area (Å²) in [5.41, 5.74) is 1.48. The molecule has 17 heavy (non-hydrogen) atoms. The molecular formula is C12H19N3O2. The summed E-state index contributed by atoms with van der Waals surface area (Å²) < 4.78 is 1.72. The topological polar surface area (TPSA) is 58.4 Å². The van der Waals surface area contributed by atoms with E-state index in [-0.39, 0.29) is 12.0 Å². The first-order chi connectivity index (χ1) is 8.11. The quantitative estimate of drug-likeness (QED) is 0.828. The van der Waals surface area contributed by atoms with Crippen molar-refractivity contribution in [2.45, 2.75) is 39.3 Å². The predicted octanol–water partition coefficient (Wildman–Crippen LogP) is 0.808. The molecule has 1 aromatic heterocycles. The standard InChI is InChI=1S/C12H19N3O2/c1-3-15-11(7-9(2)13-15)12(17)14-6-4-5-10(16)8-14/h7,10,16H,3-6,8H2,1-2H3/t10-/m0/s1. The molecule has 0 spiro atoms. The van der Waals surface area contributed by atoms with E-state index in [1.807, 2.05) is 19.9 Å². The Balaban J connectivity index is 2.18. The number of hydrogen-bond donors (Lipinski definition) is 1. The molecule has 1 atom stereocenters. The minimum Gasteiger partial charge on any atom is -0.391 e. The molecule has 1 saturated heterocycles. The third-order valence-corrected chi connectivity index (χ3v) is 3.10. The minimum absolute atomic E-state index is 0.0220. The monoisotopic (exact) mass is 237 g/mol. The number of carbonyl (C=O) groups is 1. The average molecular weight is 237 g/mol. The van der Waals surface area contributed by atoms with Crippen LogP contribution in [0.1, 0.15) is 35.9 Å². The number of hydrogen-bond acceptors (Lipinski definition) is 3. The number of nitrogens with zero attached hydrogens (tertiary/aromatic N) is 3. The van der Waals surface area contributed by atoms with Gasteiger partial charge in [-0.25, -0.2) is 0 Å². The van der Waals surface area contributed by atoms with Gasteiger partial charge in [0.05, 0.1) is 11.8 Å². The molecule has 94 valence electrons.